The van der Waals surface area contributed by atoms with Gasteiger partial charge in [0.25, 0.3) is 0 Å². The molecule has 0 radical (unpaired) electrons. The Morgan fingerprint density at radius 1 is 0.950 bits per heavy atom. The van der Waals surface area contributed by atoms with Gasteiger partial charge in [-0.05, 0) is 37.0 Å². The van der Waals surface area contributed by atoms with E-state index in [4.69, 9.17) is 5.11 Å². The van der Waals surface area contributed by atoms with Crippen LogP contribution in [0.15, 0.2) is 0 Å². The molecule has 0 fully saturated rings. The first kappa shape index (κ1) is 18.7. The number of nitrogens with one attached hydrogen (secondary N) is 2. The lowest BCUT2D eigenvalue weighted by Gasteiger charge is -2.20. The van der Waals surface area contributed by atoms with Gasteiger partial charge in [0, 0.05) is 19.5 Å². The van der Waals surface area contributed by atoms with Crippen molar-refractivity contribution in [1.82, 2.24) is 10.6 Å². The van der Waals surface area contributed by atoms with Crippen LogP contribution in [0.5, 0.6) is 0 Å². The summed E-state index contributed by atoms with van der Waals surface area (Å²) in [6.07, 6.45) is 2.66. The lowest BCUT2D eigenvalue weighted by atomic mass is 9.88. The minimum Gasteiger partial charge on any atom is -0.481 e. The number of urea groups is 1. The van der Waals surface area contributed by atoms with Crippen LogP contribution < -0.4 is 10.6 Å². The number of carbonyl (C=O) groups is 2. The first-order chi connectivity index (χ1) is 9.32. The Bertz CT molecular complexity index is 291. The van der Waals surface area contributed by atoms with Gasteiger partial charge in [-0.15, -0.1) is 0 Å². The predicted octanol–water partition coefficient (Wildman–Crippen LogP) is 2.86. The molecule has 2 amide bonds. The van der Waals surface area contributed by atoms with Crippen LogP contribution in [0.1, 0.15) is 53.4 Å². The van der Waals surface area contributed by atoms with Gasteiger partial charge in [0.15, 0.2) is 0 Å². The summed E-state index contributed by atoms with van der Waals surface area (Å²) >= 11 is 0. The molecule has 5 nitrogen and oxygen atoms in total. The number of hydrogen-bond donors (Lipinski definition) is 3. The molecular formula is C15H30N2O3. The third-order valence-electron chi connectivity index (χ3n) is 3.48. The largest absolute Gasteiger partial charge is 0.481 e. The molecule has 0 saturated heterocycles. The van der Waals surface area contributed by atoms with Crippen molar-refractivity contribution in [3.63, 3.8) is 0 Å². The van der Waals surface area contributed by atoms with Crippen LogP contribution >= 0.6 is 0 Å². The molecule has 0 aliphatic rings. The number of carbonyl (C=O) groups excluding carboxylic acids is 1. The summed E-state index contributed by atoms with van der Waals surface area (Å²) in [6.45, 7) is 9.71. The zero-order chi connectivity index (χ0) is 15.5. The number of rotatable bonds is 10. The maximum atomic E-state index is 11.5. The summed E-state index contributed by atoms with van der Waals surface area (Å²) in [5.41, 5.74) is 0. The molecule has 0 aromatic carbocycles. The molecule has 0 saturated carbocycles. The molecule has 3 N–H and O–H groups in total. The van der Waals surface area contributed by atoms with Gasteiger partial charge in [0.1, 0.15) is 0 Å². The Kier molecular flexibility index (Phi) is 9.86. The Morgan fingerprint density at radius 2 is 1.50 bits per heavy atom. The highest BCUT2D eigenvalue weighted by Crippen LogP contribution is 2.20. The van der Waals surface area contributed by atoms with E-state index < -0.39 is 5.97 Å². The van der Waals surface area contributed by atoms with Gasteiger partial charge in [-0.3, -0.25) is 4.79 Å². The van der Waals surface area contributed by atoms with Gasteiger partial charge in [-0.1, -0.05) is 27.7 Å². The fourth-order valence-corrected chi connectivity index (χ4v) is 2.03. The predicted molar refractivity (Wildman–Crippen MR) is 80.7 cm³/mol. The van der Waals surface area contributed by atoms with Crippen molar-refractivity contribution in [1.29, 1.82) is 0 Å². The van der Waals surface area contributed by atoms with Gasteiger partial charge in [-0.25, -0.2) is 4.79 Å². The van der Waals surface area contributed by atoms with Crippen molar-refractivity contribution in [2.45, 2.75) is 53.4 Å². The van der Waals surface area contributed by atoms with E-state index in [9.17, 15) is 9.59 Å². The highest BCUT2D eigenvalue weighted by Gasteiger charge is 2.15. The minimum absolute atomic E-state index is 0.133. The molecule has 0 rings (SSSR count). The molecule has 118 valence electrons. The molecule has 0 aromatic heterocycles. The molecule has 0 aromatic rings. The molecule has 0 spiro atoms. The van der Waals surface area contributed by atoms with E-state index in [0.717, 1.165) is 12.8 Å². The topological polar surface area (TPSA) is 78.4 Å². The van der Waals surface area contributed by atoms with E-state index in [-0.39, 0.29) is 12.5 Å². The Labute approximate surface area is 122 Å². The first-order valence-corrected chi connectivity index (χ1v) is 7.56. The maximum absolute atomic E-state index is 11.5. The van der Waals surface area contributed by atoms with Gasteiger partial charge in [0.2, 0.25) is 0 Å². The Morgan fingerprint density at radius 3 is 1.95 bits per heavy atom. The van der Waals surface area contributed by atoms with Gasteiger partial charge < -0.3 is 15.7 Å². The van der Waals surface area contributed by atoms with Crippen LogP contribution in [0.25, 0.3) is 0 Å². The second-order valence-electron chi connectivity index (χ2n) is 6.09. The van der Waals surface area contributed by atoms with E-state index in [1.54, 1.807) is 0 Å². The average molecular weight is 286 g/mol. The van der Waals surface area contributed by atoms with Crippen molar-refractivity contribution < 1.29 is 14.7 Å². The van der Waals surface area contributed by atoms with E-state index in [2.05, 4.69) is 38.3 Å². The fourth-order valence-electron chi connectivity index (χ4n) is 2.03. The third-order valence-corrected chi connectivity index (χ3v) is 3.48. The van der Waals surface area contributed by atoms with Crippen LogP contribution in [-0.4, -0.2) is 30.2 Å². The van der Waals surface area contributed by atoms with E-state index in [1.807, 2.05) is 0 Å². The highest BCUT2D eigenvalue weighted by atomic mass is 16.4. The highest BCUT2D eigenvalue weighted by molar-refractivity contribution is 5.73. The van der Waals surface area contributed by atoms with E-state index in [1.165, 1.54) is 0 Å². The smallest absolute Gasteiger partial charge is 0.314 e. The summed E-state index contributed by atoms with van der Waals surface area (Å²) in [6, 6.07) is -0.133. The Balaban J connectivity index is 3.81. The molecular weight excluding hydrogens is 256 g/mol. The first-order valence-electron chi connectivity index (χ1n) is 7.56. The molecule has 20 heavy (non-hydrogen) atoms. The fraction of sp³-hybridized carbons (Fsp3) is 0.867. The third kappa shape index (κ3) is 10.6. The SMILES string of the molecule is CC(C)CCNC(=O)NCCC(CCC(=O)O)C(C)C. The molecule has 5 heteroatoms. The molecule has 0 aliphatic carbocycles. The van der Waals surface area contributed by atoms with Crippen molar-refractivity contribution in [2.24, 2.45) is 17.8 Å². The van der Waals surface area contributed by atoms with Crippen LogP contribution in [0, 0.1) is 17.8 Å². The van der Waals surface area contributed by atoms with Gasteiger partial charge >= 0.3 is 12.0 Å². The van der Waals surface area contributed by atoms with Crippen LogP contribution in [0.4, 0.5) is 4.79 Å². The van der Waals surface area contributed by atoms with E-state index >= 15 is 0 Å². The number of aliphatic carboxylic acids is 1. The van der Waals surface area contributed by atoms with Crippen LogP contribution in [0.3, 0.4) is 0 Å². The van der Waals surface area contributed by atoms with Gasteiger partial charge in [-0.2, -0.15) is 0 Å². The van der Waals surface area contributed by atoms with Crippen molar-refractivity contribution in [2.75, 3.05) is 13.1 Å². The molecule has 1 atom stereocenters. The summed E-state index contributed by atoms with van der Waals surface area (Å²) in [5.74, 6) is 0.592. The van der Waals surface area contributed by atoms with Crippen molar-refractivity contribution in [3.8, 4) is 0 Å². The summed E-state index contributed by atoms with van der Waals surface area (Å²) < 4.78 is 0. The van der Waals surface area contributed by atoms with Crippen molar-refractivity contribution in [3.05, 3.63) is 0 Å². The van der Waals surface area contributed by atoms with Crippen molar-refractivity contribution >= 4 is 12.0 Å². The number of hydrogen-bond acceptors (Lipinski definition) is 2. The van der Waals surface area contributed by atoms with E-state index in [0.29, 0.717) is 37.3 Å². The van der Waals surface area contributed by atoms with Gasteiger partial charge in [0.05, 0.1) is 0 Å². The minimum atomic E-state index is -0.755. The number of amides is 2. The second kappa shape index (κ2) is 10.5. The average Bonchev–Trinajstić information content (AvgIpc) is 2.32. The molecule has 0 aliphatic heterocycles. The maximum Gasteiger partial charge on any atom is 0.314 e. The zero-order valence-corrected chi connectivity index (χ0v) is 13.2. The monoisotopic (exact) mass is 286 g/mol. The lowest BCUT2D eigenvalue weighted by Crippen LogP contribution is -2.37. The Hall–Kier alpha value is -1.26. The molecule has 1 unspecified atom stereocenters. The van der Waals surface area contributed by atoms with Crippen LogP contribution in [0.2, 0.25) is 0 Å². The summed E-state index contributed by atoms with van der Waals surface area (Å²) in [4.78, 5) is 22.1. The standard InChI is InChI=1S/C15H30N2O3/c1-11(2)7-9-16-15(20)17-10-8-13(12(3)4)5-6-14(18)19/h11-13H,5-10H2,1-4H3,(H,18,19)(H2,16,17,20). The number of carboxylic acids is 1. The molecule has 0 heterocycles. The summed E-state index contributed by atoms with van der Waals surface area (Å²) in [5, 5.41) is 14.4. The molecule has 0 bridgehead atoms. The van der Waals surface area contributed by atoms with Crippen LogP contribution in [-0.2, 0) is 4.79 Å². The second-order valence-corrected chi connectivity index (χ2v) is 6.09. The summed E-state index contributed by atoms with van der Waals surface area (Å²) in [7, 11) is 0. The normalized spacial score (nSPS) is 12.5. The lowest BCUT2D eigenvalue weighted by molar-refractivity contribution is -0.137. The zero-order valence-electron chi connectivity index (χ0n) is 13.2. The number of carboxylic acid groups (broad SMARTS) is 1. The quantitative estimate of drug-likeness (QED) is 0.578.